The summed E-state index contributed by atoms with van der Waals surface area (Å²) in [6, 6.07) is 8.61. The highest BCUT2D eigenvalue weighted by molar-refractivity contribution is 5.93. The summed E-state index contributed by atoms with van der Waals surface area (Å²) in [5.41, 5.74) is 0.509. The quantitative estimate of drug-likeness (QED) is 0.282. The Bertz CT molecular complexity index is 1210. The van der Waals surface area contributed by atoms with E-state index < -0.39 is 41.6 Å². The normalized spacial score (nSPS) is 12.5. The molecule has 0 saturated heterocycles. The van der Waals surface area contributed by atoms with Crippen LogP contribution in [0.3, 0.4) is 0 Å². The second-order valence-corrected chi connectivity index (χ2v) is 10.5. The zero-order chi connectivity index (χ0) is 30.7. The number of amides is 3. The molecule has 0 heterocycles. The first kappa shape index (κ1) is 32.9. The number of esters is 1. The Morgan fingerprint density at radius 3 is 2.24 bits per heavy atom. The number of benzene rings is 2. The van der Waals surface area contributed by atoms with Crippen molar-refractivity contribution in [2.24, 2.45) is 0 Å². The molecule has 2 aromatic rings. The summed E-state index contributed by atoms with van der Waals surface area (Å²) in [5, 5.41) is 25.9. The first-order valence-corrected chi connectivity index (χ1v) is 13.6. The minimum Gasteiger partial charge on any atom is -0.508 e. The van der Waals surface area contributed by atoms with Gasteiger partial charge >= 0.3 is 12.1 Å². The average Bonchev–Trinajstić information content (AvgIpc) is 2.88. The number of hydrogen-bond acceptors (Lipinski definition) is 8. The molecule has 0 fully saturated rings. The van der Waals surface area contributed by atoms with Crippen LogP contribution in [0.2, 0.25) is 0 Å². The standard InChI is InChI=1S/C30H41N3O8/c1-7-33(25(22-11-9-10-19(3)26(22)36)27(37)31-17-16-24(35)40-8-2)28(38)23(32-29(39)41-30(4,5)6)18-20-12-14-21(34)15-13-20/h9-15,23,25,34,36H,7-8,16-18H2,1-6H3,(H,31,37)(H,32,39). The van der Waals surface area contributed by atoms with E-state index in [1.165, 1.54) is 17.0 Å². The van der Waals surface area contributed by atoms with Crippen molar-refractivity contribution >= 4 is 23.9 Å². The van der Waals surface area contributed by atoms with Crippen molar-refractivity contribution in [2.75, 3.05) is 19.7 Å². The SMILES string of the molecule is CCOC(=O)CCNC(=O)C(c1cccc(C)c1O)N(CC)C(=O)C(Cc1ccc(O)cc1)NC(=O)OC(C)(C)C. The number of para-hydroxylation sites is 1. The summed E-state index contributed by atoms with van der Waals surface area (Å²) < 4.78 is 10.3. The van der Waals surface area contributed by atoms with Gasteiger partial charge in [-0.1, -0.05) is 30.3 Å². The summed E-state index contributed by atoms with van der Waals surface area (Å²) in [6.07, 6.45) is -0.860. The number of phenolic OH excluding ortho intramolecular Hbond substituents is 2. The lowest BCUT2D eigenvalue weighted by molar-refractivity contribution is -0.144. The predicted molar refractivity (Wildman–Crippen MR) is 152 cm³/mol. The molecule has 0 bridgehead atoms. The molecule has 2 atom stereocenters. The predicted octanol–water partition coefficient (Wildman–Crippen LogP) is 3.50. The maximum absolute atomic E-state index is 14.1. The molecule has 0 aliphatic rings. The lowest BCUT2D eigenvalue weighted by atomic mass is 9.98. The molecule has 0 aromatic heterocycles. The maximum atomic E-state index is 14.1. The number of aromatic hydroxyl groups is 2. The third-order valence-corrected chi connectivity index (χ3v) is 6.05. The first-order chi connectivity index (χ1) is 19.3. The summed E-state index contributed by atoms with van der Waals surface area (Å²) in [6.45, 7) is 10.3. The van der Waals surface area contributed by atoms with Crippen molar-refractivity contribution in [3.63, 3.8) is 0 Å². The lowest BCUT2D eigenvalue weighted by Crippen LogP contribution is -2.53. The zero-order valence-corrected chi connectivity index (χ0v) is 24.5. The molecule has 2 unspecified atom stereocenters. The molecule has 2 rings (SSSR count). The fourth-order valence-corrected chi connectivity index (χ4v) is 4.15. The van der Waals surface area contributed by atoms with Gasteiger partial charge in [0.2, 0.25) is 11.8 Å². The molecule has 2 aromatic carbocycles. The van der Waals surface area contributed by atoms with Crippen LogP contribution in [0.15, 0.2) is 42.5 Å². The van der Waals surface area contributed by atoms with E-state index in [0.717, 1.165) is 0 Å². The van der Waals surface area contributed by atoms with Crippen molar-refractivity contribution in [1.29, 1.82) is 0 Å². The number of aryl methyl sites for hydroxylation is 1. The molecule has 41 heavy (non-hydrogen) atoms. The van der Waals surface area contributed by atoms with Gasteiger partial charge in [0.25, 0.3) is 0 Å². The monoisotopic (exact) mass is 571 g/mol. The number of alkyl carbamates (subject to hydrolysis) is 1. The van der Waals surface area contributed by atoms with Gasteiger partial charge in [-0.2, -0.15) is 0 Å². The van der Waals surface area contributed by atoms with Crippen LogP contribution in [-0.4, -0.2) is 70.3 Å². The highest BCUT2D eigenvalue weighted by Crippen LogP contribution is 2.32. The third-order valence-electron chi connectivity index (χ3n) is 6.05. The number of carbonyl (C=O) groups is 4. The highest BCUT2D eigenvalue weighted by Gasteiger charge is 2.37. The van der Waals surface area contributed by atoms with Gasteiger partial charge in [-0.05, 0) is 64.8 Å². The summed E-state index contributed by atoms with van der Waals surface area (Å²) in [5.74, 6) is -1.81. The van der Waals surface area contributed by atoms with E-state index in [1.54, 1.807) is 71.9 Å². The lowest BCUT2D eigenvalue weighted by Gasteiger charge is -2.34. The molecule has 0 aliphatic heterocycles. The van der Waals surface area contributed by atoms with Crippen molar-refractivity contribution in [1.82, 2.24) is 15.5 Å². The van der Waals surface area contributed by atoms with Gasteiger partial charge in [-0.3, -0.25) is 14.4 Å². The molecule has 11 heteroatoms. The minimum absolute atomic E-state index is 0.0336. The summed E-state index contributed by atoms with van der Waals surface area (Å²) >= 11 is 0. The Hall–Kier alpha value is -4.28. The number of phenols is 2. The Morgan fingerprint density at radius 2 is 1.66 bits per heavy atom. The number of nitrogens with one attached hydrogen (secondary N) is 2. The molecular formula is C30H41N3O8. The Balaban J connectivity index is 2.47. The average molecular weight is 572 g/mol. The Kier molecular flexibility index (Phi) is 12.0. The molecule has 0 saturated carbocycles. The number of rotatable bonds is 12. The van der Waals surface area contributed by atoms with Crippen LogP contribution in [0.1, 0.15) is 63.8 Å². The van der Waals surface area contributed by atoms with E-state index in [1.807, 2.05) is 0 Å². The molecule has 0 spiro atoms. The molecule has 3 amide bonds. The zero-order valence-electron chi connectivity index (χ0n) is 24.5. The number of hydrogen-bond donors (Lipinski definition) is 4. The van der Waals surface area contributed by atoms with Gasteiger partial charge in [-0.15, -0.1) is 0 Å². The summed E-state index contributed by atoms with van der Waals surface area (Å²) in [4.78, 5) is 53.5. The minimum atomic E-state index is -1.28. The van der Waals surface area contributed by atoms with Crippen LogP contribution in [0.4, 0.5) is 4.79 Å². The van der Waals surface area contributed by atoms with E-state index in [0.29, 0.717) is 11.1 Å². The molecule has 4 N–H and O–H groups in total. The van der Waals surface area contributed by atoms with Gasteiger partial charge in [-0.25, -0.2) is 4.79 Å². The number of carbonyl (C=O) groups excluding carboxylic acids is 4. The van der Waals surface area contributed by atoms with E-state index in [9.17, 15) is 29.4 Å². The fourth-order valence-electron chi connectivity index (χ4n) is 4.15. The van der Waals surface area contributed by atoms with Crippen LogP contribution >= 0.6 is 0 Å². The van der Waals surface area contributed by atoms with E-state index >= 15 is 0 Å². The van der Waals surface area contributed by atoms with Crippen LogP contribution in [-0.2, 0) is 30.3 Å². The molecule has 0 radical (unpaired) electrons. The second kappa shape index (κ2) is 14.9. The third kappa shape index (κ3) is 10.0. The smallest absolute Gasteiger partial charge is 0.408 e. The Morgan fingerprint density at radius 1 is 1.00 bits per heavy atom. The molecule has 0 aliphatic carbocycles. The van der Waals surface area contributed by atoms with E-state index in [4.69, 9.17) is 9.47 Å². The Labute approximate surface area is 240 Å². The fraction of sp³-hybridized carbons (Fsp3) is 0.467. The van der Waals surface area contributed by atoms with E-state index in [-0.39, 0.29) is 49.6 Å². The second-order valence-electron chi connectivity index (χ2n) is 10.5. The van der Waals surface area contributed by atoms with Crippen molar-refractivity contribution in [3.8, 4) is 11.5 Å². The van der Waals surface area contributed by atoms with E-state index in [2.05, 4.69) is 10.6 Å². The molecular weight excluding hydrogens is 530 g/mol. The summed E-state index contributed by atoms with van der Waals surface area (Å²) in [7, 11) is 0. The van der Waals surface area contributed by atoms with Crippen LogP contribution < -0.4 is 10.6 Å². The molecule has 11 nitrogen and oxygen atoms in total. The molecule has 224 valence electrons. The first-order valence-electron chi connectivity index (χ1n) is 13.6. The number of nitrogens with zero attached hydrogens (tertiary/aromatic N) is 1. The van der Waals surface area contributed by atoms with Crippen LogP contribution in [0.25, 0.3) is 0 Å². The van der Waals surface area contributed by atoms with Crippen LogP contribution in [0, 0.1) is 6.92 Å². The van der Waals surface area contributed by atoms with Gasteiger partial charge in [0.1, 0.15) is 29.2 Å². The van der Waals surface area contributed by atoms with Gasteiger partial charge in [0, 0.05) is 25.1 Å². The number of ether oxygens (including phenoxy) is 2. The van der Waals surface area contributed by atoms with Crippen LogP contribution in [0.5, 0.6) is 11.5 Å². The van der Waals surface area contributed by atoms with Crippen molar-refractivity contribution in [3.05, 3.63) is 59.2 Å². The van der Waals surface area contributed by atoms with Gasteiger partial charge < -0.3 is 35.2 Å². The number of likely N-dealkylation sites (N-methyl/N-ethyl adjacent to an activating group) is 1. The van der Waals surface area contributed by atoms with Crippen molar-refractivity contribution < 1.29 is 38.9 Å². The topological polar surface area (TPSA) is 154 Å². The van der Waals surface area contributed by atoms with Gasteiger partial charge in [0.15, 0.2) is 0 Å². The highest BCUT2D eigenvalue weighted by atomic mass is 16.6. The van der Waals surface area contributed by atoms with Crippen molar-refractivity contribution in [2.45, 2.75) is 72.1 Å². The van der Waals surface area contributed by atoms with Gasteiger partial charge in [0.05, 0.1) is 13.0 Å². The largest absolute Gasteiger partial charge is 0.508 e. The maximum Gasteiger partial charge on any atom is 0.408 e.